The standard InChI is InChI=1S/C12H16/c1-5-8-9-12(7-3)10-11(4)6-2/h5-9,12H,1-4,10H2/b9-8+. The largest absolute Gasteiger partial charge is 0.102 e. The Hall–Kier alpha value is -1.30. The number of hydrogen-bond acceptors (Lipinski definition) is 0. The van der Waals surface area contributed by atoms with Crippen molar-refractivity contribution >= 4 is 0 Å². The van der Waals surface area contributed by atoms with Crippen molar-refractivity contribution in [2.24, 2.45) is 5.92 Å². The van der Waals surface area contributed by atoms with Crippen LogP contribution in [0, 0.1) is 5.92 Å². The molecule has 12 heavy (non-hydrogen) atoms. The topological polar surface area (TPSA) is 0 Å². The Balaban J connectivity index is 4.07. The second kappa shape index (κ2) is 6.41. The minimum absolute atomic E-state index is 0.341. The molecule has 0 saturated carbocycles. The highest BCUT2D eigenvalue weighted by molar-refractivity contribution is 5.16. The molecule has 0 aliphatic rings. The fourth-order valence-corrected chi connectivity index (χ4v) is 0.837. The molecule has 0 aliphatic heterocycles. The molecule has 0 aromatic rings. The highest BCUT2D eigenvalue weighted by Gasteiger charge is 1.98. The predicted octanol–water partition coefficient (Wildman–Crippen LogP) is 3.66. The van der Waals surface area contributed by atoms with Gasteiger partial charge in [-0.2, -0.15) is 0 Å². The molecule has 0 spiro atoms. The smallest absolute Gasteiger partial charge is 0.00128 e. The molecule has 0 N–H and O–H groups in total. The molecule has 0 amide bonds. The Labute approximate surface area is 75.3 Å². The lowest BCUT2D eigenvalue weighted by atomic mass is 10.00. The third-order valence-electron chi connectivity index (χ3n) is 1.58. The van der Waals surface area contributed by atoms with Crippen LogP contribution in [0.15, 0.2) is 62.3 Å². The van der Waals surface area contributed by atoms with Crippen LogP contribution in [0.3, 0.4) is 0 Å². The van der Waals surface area contributed by atoms with E-state index >= 15 is 0 Å². The predicted molar refractivity (Wildman–Crippen MR) is 57.0 cm³/mol. The minimum Gasteiger partial charge on any atom is -0.102 e. The molecule has 0 nitrogen and oxygen atoms in total. The fourth-order valence-electron chi connectivity index (χ4n) is 0.837. The number of hydrogen-bond donors (Lipinski definition) is 0. The molecule has 0 aromatic carbocycles. The van der Waals surface area contributed by atoms with E-state index in [9.17, 15) is 0 Å². The molecule has 0 aromatic heterocycles. The second-order valence-corrected chi connectivity index (χ2v) is 2.59. The second-order valence-electron chi connectivity index (χ2n) is 2.59. The Morgan fingerprint density at radius 1 is 1.25 bits per heavy atom. The minimum atomic E-state index is 0.341. The maximum Gasteiger partial charge on any atom is -0.00128 e. The van der Waals surface area contributed by atoms with Gasteiger partial charge in [-0.15, -0.1) is 6.58 Å². The van der Waals surface area contributed by atoms with Crippen molar-refractivity contribution in [1.29, 1.82) is 0 Å². The molecule has 0 heterocycles. The molecule has 0 aliphatic carbocycles. The first-order valence-corrected chi connectivity index (χ1v) is 3.96. The third-order valence-corrected chi connectivity index (χ3v) is 1.58. The van der Waals surface area contributed by atoms with Gasteiger partial charge < -0.3 is 0 Å². The van der Waals surface area contributed by atoms with Crippen LogP contribution >= 0.6 is 0 Å². The van der Waals surface area contributed by atoms with E-state index in [0.717, 1.165) is 12.0 Å². The summed E-state index contributed by atoms with van der Waals surface area (Å²) in [6.45, 7) is 14.8. The quantitative estimate of drug-likeness (QED) is 0.411. The van der Waals surface area contributed by atoms with E-state index in [1.54, 1.807) is 12.2 Å². The van der Waals surface area contributed by atoms with E-state index < -0.39 is 0 Å². The van der Waals surface area contributed by atoms with Gasteiger partial charge in [0.25, 0.3) is 0 Å². The fraction of sp³-hybridized carbons (Fsp3) is 0.167. The lowest BCUT2D eigenvalue weighted by molar-refractivity contribution is 0.813. The lowest BCUT2D eigenvalue weighted by Gasteiger charge is -2.05. The van der Waals surface area contributed by atoms with Crippen molar-refractivity contribution in [2.45, 2.75) is 6.42 Å². The van der Waals surface area contributed by atoms with Crippen molar-refractivity contribution < 1.29 is 0 Å². The summed E-state index contributed by atoms with van der Waals surface area (Å²) in [7, 11) is 0. The van der Waals surface area contributed by atoms with Gasteiger partial charge >= 0.3 is 0 Å². The Morgan fingerprint density at radius 3 is 2.33 bits per heavy atom. The molecule has 0 fully saturated rings. The zero-order chi connectivity index (χ0) is 9.40. The van der Waals surface area contributed by atoms with Crippen molar-refractivity contribution in [3.05, 3.63) is 62.3 Å². The van der Waals surface area contributed by atoms with Crippen LogP contribution in [0.2, 0.25) is 0 Å². The summed E-state index contributed by atoms with van der Waals surface area (Å²) in [5.41, 5.74) is 1.04. The normalized spacial score (nSPS) is 12.3. The summed E-state index contributed by atoms with van der Waals surface area (Å²) in [6.07, 6.45) is 10.3. The molecular weight excluding hydrogens is 144 g/mol. The molecule has 1 unspecified atom stereocenters. The summed E-state index contributed by atoms with van der Waals surface area (Å²) >= 11 is 0. The summed E-state index contributed by atoms with van der Waals surface area (Å²) in [4.78, 5) is 0. The average Bonchev–Trinajstić information content (AvgIpc) is 2.11. The monoisotopic (exact) mass is 160 g/mol. The Morgan fingerprint density at radius 2 is 1.92 bits per heavy atom. The van der Waals surface area contributed by atoms with E-state index in [0.29, 0.717) is 5.92 Å². The van der Waals surface area contributed by atoms with Crippen LogP contribution in [0.1, 0.15) is 6.42 Å². The van der Waals surface area contributed by atoms with Gasteiger partial charge in [0.2, 0.25) is 0 Å². The summed E-state index contributed by atoms with van der Waals surface area (Å²) in [5, 5.41) is 0. The van der Waals surface area contributed by atoms with Crippen molar-refractivity contribution in [3.8, 4) is 0 Å². The molecule has 0 radical (unpaired) electrons. The van der Waals surface area contributed by atoms with Gasteiger partial charge in [-0.05, 0) is 12.3 Å². The lowest BCUT2D eigenvalue weighted by Crippen LogP contribution is -1.91. The number of rotatable bonds is 6. The van der Waals surface area contributed by atoms with Gasteiger partial charge in [-0.25, -0.2) is 0 Å². The zero-order valence-corrected chi connectivity index (χ0v) is 7.50. The van der Waals surface area contributed by atoms with Gasteiger partial charge in [0.15, 0.2) is 0 Å². The molecular formula is C12H16. The van der Waals surface area contributed by atoms with Crippen LogP contribution in [-0.2, 0) is 0 Å². The molecule has 1 atom stereocenters. The van der Waals surface area contributed by atoms with E-state index in [1.165, 1.54) is 0 Å². The van der Waals surface area contributed by atoms with Crippen LogP contribution in [0.4, 0.5) is 0 Å². The summed E-state index contributed by atoms with van der Waals surface area (Å²) < 4.78 is 0. The van der Waals surface area contributed by atoms with Crippen LogP contribution in [0.25, 0.3) is 0 Å². The van der Waals surface area contributed by atoms with Gasteiger partial charge in [0.05, 0.1) is 0 Å². The van der Waals surface area contributed by atoms with Crippen LogP contribution < -0.4 is 0 Å². The average molecular weight is 160 g/mol. The highest BCUT2D eigenvalue weighted by Crippen LogP contribution is 2.13. The summed E-state index contributed by atoms with van der Waals surface area (Å²) in [5.74, 6) is 0.341. The van der Waals surface area contributed by atoms with E-state index in [2.05, 4.69) is 32.4 Å². The first-order valence-electron chi connectivity index (χ1n) is 3.96. The first-order chi connectivity index (χ1) is 5.74. The third kappa shape index (κ3) is 4.51. The van der Waals surface area contributed by atoms with Gasteiger partial charge in [-0.3, -0.25) is 0 Å². The van der Waals surface area contributed by atoms with Crippen molar-refractivity contribution in [1.82, 2.24) is 0 Å². The Bertz CT molecular complexity index is 206. The molecule has 0 saturated heterocycles. The molecule has 64 valence electrons. The van der Waals surface area contributed by atoms with Crippen molar-refractivity contribution in [2.75, 3.05) is 0 Å². The Kier molecular flexibility index (Phi) is 5.72. The molecule has 0 bridgehead atoms. The van der Waals surface area contributed by atoms with E-state index in [-0.39, 0.29) is 0 Å². The van der Waals surface area contributed by atoms with Gasteiger partial charge in [0, 0.05) is 0 Å². The van der Waals surface area contributed by atoms with Crippen LogP contribution in [0.5, 0.6) is 0 Å². The maximum absolute atomic E-state index is 3.84. The van der Waals surface area contributed by atoms with E-state index in [4.69, 9.17) is 0 Å². The first kappa shape index (κ1) is 10.7. The SMILES string of the molecule is C=C/C=C/C(C=C)CC(=C)C=C. The molecule has 0 rings (SSSR count). The van der Waals surface area contributed by atoms with E-state index in [1.807, 2.05) is 12.2 Å². The zero-order valence-electron chi connectivity index (χ0n) is 7.50. The summed E-state index contributed by atoms with van der Waals surface area (Å²) in [6, 6.07) is 0. The molecule has 0 heteroatoms. The van der Waals surface area contributed by atoms with Crippen molar-refractivity contribution in [3.63, 3.8) is 0 Å². The van der Waals surface area contributed by atoms with Gasteiger partial charge in [-0.1, -0.05) is 55.7 Å². The highest BCUT2D eigenvalue weighted by atomic mass is 14.0. The van der Waals surface area contributed by atoms with Gasteiger partial charge in [0.1, 0.15) is 0 Å². The maximum atomic E-state index is 3.84. The van der Waals surface area contributed by atoms with Crippen LogP contribution in [-0.4, -0.2) is 0 Å². The number of allylic oxidation sites excluding steroid dienone is 6.